The molecule has 0 aliphatic carbocycles. The van der Waals surface area contributed by atoms with Gasteiger partial charge in [0, 0.05) is 44.5 Å². The quantitative estimate of drug-likeness (QED) is 0.494. The molecule has 1 fully saturated rings. The van der Waals surface area contributed by atoms with Gasteiger partial charge in [-0.3, -0.25) is 10.1 Å². The van der Waals surface area contributed by atoms with E-state index in [4.69, 9.17) is 0 Å². The third kappa shape index (κ3) is 3.85. The fourth-order valence-electron chi connectivity index (χ4n) is 2.13. The van der Waals surface area contributed by atoms with E-state index in [0.717, 1.165) is 31.9 Å². The minimum Gasteiger partial charge on any atom is -0.376 e. The summed E-state index contributed by atoms with van der Waals surface area (Å²) in [6.07, 6.45) is 1.68. The molecule has 110 valence electrons. The number of nitrogens with zero attached hydrogens (tertiary/aromatic N) is 2. The zero-order chi connectivity index (χ0) is 13.7. The molecule has 7 heteroatoms. The maximum Gasteiger partial charge on any atom is 0.292 e. The number of nitro benzene ring substituents is 1. The number of nitro groups is 1. The highest BCUT2D eigenvalue weighted by atomic mass is 35.5. The molecule has 1 aromatic rings. The predicted molar refractivity (Wildman–Crippen MR) is 84.1 cm³/mol. The van der Waals surface area contributed by atoms with Crippen molar-refractivity contribution in [2.75, 3.05) is 42.9 Å². The van der Waals surface area contributed by atoms with Gasteiger partial charge in [-0.1, -0.05) is 6.08 Å². The van der Waals surface area contributed by atoms with Crippen LogP contribution in [0.25, 0.3) is 0 Å². The Labute approximate surface area is 124 Å². The molecule has 0 unspecified atom stereocenters. The average molecular weight is 299 g/mol. The lowest BCUT2D eigenvalue weighted by Crippen LogP contribution is -2.43. The van der Waals surface area contributed by atoms with E-state index in [0.29, 0.717) is 12.2 Å². The van der Waals surface area contributed by atoms with Crippen LogP contribution in [0.5, 0.6) is 0 Å². The van der Waals surface area contributed by atoms with Crippen molar-refractivity contribution in [1.29, 1.82) is 0 Å². The number of hydrogen-bond donors (Lipinski definition) is 2. The average Bonchev–Trinajstić information content (AvgIpc) is 2.45. The van der Waals surface area contributed by atoms with Crippen LogP contribution in [-0.4, -0.2) is 37.6 Å². The van der Waals surface area contributed by atoms with Crippen molar-refractivity contribution in [3.05, 3.63) is 41.0 Å². The van der Waals surface area contributed by atoms with Crippen LogP contribution in [0.15, 0.2) is 30.9 Å². The summed E-state index contributed by atoms with van der Waals surface area (Å²) in [6.45, 7) is 7.82. The summed E-state index contributed by atoms with van der Waals surface area (Å²) in [5, 5.41) is 17.3. The van der Waals surface area contributed by atoms with Crippen LogP contribution in [-0.2, 0) is 0 Å². The molecule has 0 atom stereocenters. The first-order valence-electron chi connectivity index (χ1n) is 6.31. The molecule has 6 nitrogen and oxygen atoms in total. The first-order chi connectivity index (χ1) is 9.22. The summed E-state index contributed by atoms with van der Waals surface area (Å²) in [7, 11) is 0. The summed E-state index contributed by atoms with van der Waals surface area (Å²) in [4.78, 5) is 12.8. The van der Waals surface area contributed by atoms with Gasteiger partial charge in [-0.15, -0.1) is 19.0 Å². The monoisotopic (exact) mass is 298 g/mol. The molecule has 0 aromatic heterocycles. The molecule has 0 radical (unpaired) electrons. The van der Waals surface area contributed by atoms with Gasteiger partial charge in [-0.2, -0.15) is 0 Å². The molecule has 1 aliphatic rings. The summed E-state index contributed by atoms with van der Waals surface area (Å²) >= 11 is 0. The largest absolute Gasteiger partial charge is 0.376 e. The molecule has 0 bridgehead atoms. The predicted octanol–water partition coefficient (Wildman–Crippen LogP) is 2.02. The van der Waals surface area contributed by atoms with Crippen LogP contribution in [0.4, 0.5) is 17.1 Å². The molecule has 2 N–H and O–H groups in total. The Kier molecular flexibility index (Phi) is 6.27. The Morgan fingerprint density at radius 3 is 2.75 bits per heavy atom. The second-order valence-corrected chi connectivity index (χ2v) is 4.37. The third-order valence-electron chi connectivity index (χ3n) is 3.10. The molecule has 2 rings (SSSR count). The smallest absolute Gasteiger partial charge is 0.292 e. The second kappa shape index (κ2) is 7.72. The van der Waals surface area contributed by atoms with Gasteiger partial charge in [-0.25, -0.2) is 0 Å². The van der Waals surface area contributed by atoms with Crippen LogP contribution >= 0.6 is 12.4 Å². The van der Waals surface area contributed by atoms with Crippen molar-refractivity contribution in [3.8, 4) is 0 Å². The molecular weight excluding hydrogens is 280 g/mol. The van der Waals surface area contributed by atoms with Crippen molar-refractivity contribution in [3.63, 3.8) is 0 Å². The van der Waals surface area contributed by atoms with Crippen LogP contribution in [0.1, 0.15) is 0 Å². The Bertz CT molecular complexity index is 475. The summed E-state index contributed by atoms with van der Waals surface area (Å²) in [6, 6.07) is 5.21. The number of rotatable bonds is 5. The fraction of sp³-hybridized carbons (Fsp3) is 0.385. The fourth-order valence-corrected chi connectivity index (χ4v) is 2.13. The number of piperazine rings is 1. The second-order valence-electron chi connectivity index (χ2n) is 4.37. The summed E-state index contributed by atoms with van der Waals surface area (Å²) in [5.41, 5.74) is 1.65. The number of halogens is 1. The Balaban J connectivity index is 0.00000200. The lowest BCUT2D eigenvalue weighted by molar-refractivity contribution is -0.383. The number of benzene rings is 1. The molecule has 1 heterocycles. The van der Waals surface area contributed by atoms with Crippen molar-refractivity contribution in [1.82, 2.24) is 5.32 Å². The van der Waals surface area contributed by atoms with E-state index in [2.05, 4.69) is 22.1 Å². The maximum absolute atomic E-state index is 11.0. The van der Waals surface area contributed by atoms with E-state index in [1.165, 1.54) is 0 Å². The molecule has 0 spiro atoms. The van der Waals surface area contributed by atoms with Gasteiger partial charge in [0.05, 0.1) is 4.92 Å². The van der Waals surface area contributed by atoms with Crippen molar-refractivity contribution in [2.45, 2.75) is 0 Å². The lowest BCUT2D eigenvalue weighted by atomic mass is 10.2. The van der Waals surface area contributed by atoms with Gasteiger partial charge < -0.3 is 15.5 Å². The van der Waals surface area contributed by atoms with Crippen molar-refractivity contribution < 1.29 is 4.92 Å². The van der Waals surface area contributed by atoms with E-state index >= 15 is 0 Å². The van der Waals surface area contributed by atoms with Crippen molar-refractivity contribution >= 4 is 29.5 Å². The topological polar surface area (TPSA) is 70.4 Å². The Morgan fingerprint density at radius 1 is 1.45 bits per heavy atom. The number of anilines is 2. The van der Waals surface area contributed by atoms with Gasteiger partial charge in [-0.05, 0) is 12.1 Å². The molecule has 0 amide bonds. The molecule has 1 aromatic carbocycles. The van der Waals surface area contributed by atoms with E-state index in [1.54, 1.807) is 12.1 Å². The highest BCUT2D eigenvalue weighted by Crippen LogP contribution is 2.29. The van der Waals surface area contributed by atoms with Gasteiger partial charge >= 0.3 is 0 Å². The standard InChI is InChI=1S/C13H18N4O2.ClH/c1-2-5-15-12-10-11(3-4-13(12)17(18)19)16-8-6-14-7-9-16;/h2-4,10,14-15H,1,5-9H2;1H. The Morgan fingerprint density at radius 2 is 2.15 bits per heavy atom. The number of nitrogens with one attached hydrogen (secondary N) is 2. The van der Waals surface area contributed by atoms with E-state index in [-0.39, 0.29) is 23.0 Å². The van der Waals surface area contributed by atoms with Crippen LogP contribution in [0.3, 0.4) is 0 Å². The zero-order valence-electron chi connectivity index (χ0n) is 11.2. The van der Waals surface area contributed by atoms with E-state index < -0.39 is 0 Å². The van der Waals surface area contributed by atoms with Gasteiger partial charge in [0.15, 0.2) is 0 Å². The molecule has 1 aliphatic heterocycles. The highest BCUT2D eigenvalue weighted by molar-refractivity contribution is 5.85. The maximum atomic E-state index is 11.0. The SMILES string of the molecule is C=CCNc1cc(N2CCNCC2)ccc1[N+](=O)[O-].Cl. The normalized spacial score (nSPS) is 14.3. The first-order valence-corrected chi connectivity index (χ1v) is 6.31. The highest BCUT2D eigenvalue weighted by Gasteiger charge is 2.17. The van der Waals surface area contributed by atoms with E-state index in [9.17, 15) is 10.1 Å². The summed E-state index contributed by atoms with van der Waals surface area (Å²) in [5.74, 6) is 0. The van der Waals surface area contributed by atoms with Crippen LogP contribution in [0.2, 0.25) is 0 Å². The van der Waals surface area contributed by atoms with Gasteiger partial charge in [0.2, 0.25) is 0 Å². The first kappa shape index (κ1) is 16.3. The van der Waals surface area contributed by atoms with Crippen LogP contribution in [0, 0.1) is 10.1 Å². The van der Waals surface area contributed by atoms with Crippen LogP contribution < -0.4 is 15.5 Å². The minimum atomic E-state index is -0.368. The minimum absolute atomic E-state index is 0. The Hall–Kier alpha value is -1.79. The van der Waals surface area contributed by atoms with E-state index in [1.807, 2.05) is 12.1 Å². The number of hydrogen-bond acceptors (Lipinski definition) is 5. The zero-order valence-corrected chi connectivity index (χ0v) is 12.0. The molecule has 0 saturated carbocycles. The van der Waals surface area contributed by atoms with Crippen molar-refractivity contribution in [2.24, 2.45) is 0 Å². The molecular formula is C13H19ClN4O2. The molecule has 20 heavy (non-hydrogen) atoms. The lowest BCUT2D eigenvalue weighted by Gasteiger charge is -2.29. The summed E-state index contributed by atoms with van der Waals surface area (Å²) < 4.78 is 0. The third-order valence-corrected chi connectivity index (χ3v) is 3.10. The molecule has 1 saturated heterocycles. The van der Waals surface area contributed by atoms with Gasteiger partial charge in [0.25, 0.3) is 5.69 Å². The van der Waals surface area contributed by atoms with Gasteiger partial charge in [0.1, 0.15) is 5.69 Å².